The van der Waals surface area contributed by atoms with Crippen LogP contribution in [0.5, 0.6) is 0 Å². The highest BCUT2D eigenvalue weighted by atomic mass is 32.1. The second kappa shape index (κ2) is 6.75. The van der Waals surface area contributed by atoms with Gasteiger partial charge in [-0.2, -0.15) is 0 Å². The summed E-state index contributed by atoms with van der Waals surface area (Å²) in [7, 11) is 0. The second-order valence-corrected chi connectivity index (χ2v) is 6.11. The molecule has 0 spiro atoms. The second-order valence-electron chi connectivity index (χ2n) is 5.25. The fourth-order valence-electron chi connectivity index (χ4n) is 2.42. The van der Waals surface area contributed by atoms with Crippen molar-refractivity contribution in [3.05, 3.63) is 71.2 Å². The number of rotatable bonds is 5. The first-order valence-electron chi connectivity index (χ1n) is 7.22. The van der Waals surface area contributed by atoms with Gasteiger partial charge in [0.2, 0.25) is 5.91 Å². The third-order valence-electron chi connectivity index (χ3n) is 3.46. The van der Waals surface area contributed by atoms with Crippen LogP contribution >= 0.6 is 11.3 Å². The molecule has 1 N–H and O–H groups in total. The summed E-state index contributed by atoms with van der Waals surface area (Å²) >= 11 is 1.39. The van der Waals surface area contributed by atoms with Gasteiger partial charge in [-0.15, -0.1) is 11.3 Å². The van der Waals surface area contributed by atoms with Crippen molar-refractivity contribution in [3.8, 4) is 0 Å². The van der Waals surface area contributed by atoms with Crippen molar-refractivity contribution in [1.82, 2.24) is 9.55 Å². The van der Waals surface area contributed by atoms with Crippen LogP contribution in [-0.2, 0) is 4.79 Å². The van der Waals surface area contributed by atoms with Crippen LogP contribution < -0.4 is 5.32 Å². The Bertz CT molecular complexity index is 798. The largest absolute Gasteiger partial charge is 0.346 e. The van der Waals surface area contributed by atoms with Gasteiger partial charge in [0.25, 0.3) is 0 Å². The van der Waals surface area contributed by atoms with Crippen molar-refractivity contribution in [3.63, 3.8) is 0 Å². The minimum absolute atomic E-state index is 0.151. The molecule has 1 amide bonds. The maximum atomic E-state index is 13.5. The summed E-state index contributed by atoms with van der Waals surface area (Å²) in [6, 6.07) is 9.85. The van der Waals surface area contributed by atoms with E-state index in [9.17, 15) is 9.18 Å². The molecular formula is C17H16FN3OS. The molecule has 4 nitrogen and oxygen atoms in total. The van der Waals surface area contributed by atoms with E-state index in [-0.39, 0.29) is 24.2 Å². The summed E-state index contributed by atoms with van der Waals surface area (Å²) in [4.78, 5) is 16.6. The summed E-state index contributed by atoms with van der Waals surface area (Å²) in [6.07, 6.45) is 3.95. The highest BCUT2D eigenvalue weighted by Gasteiger charge is 2.18. The van der Waals surface area contributed by atoms with Crippen LogP contribution in [0.3, 0.4) is 0 Å². The molecule has 0 aliphatic carbocycles. The number of amides is 1. The van der Waals surface area contributed by atoms with Gasteiger partial charge in [-0.05, 0) is 36.8 Å². The third-order valence-corrected chi connectivity index (χ3v) is 4.34. The number of thiazole rings is 1. The Kier molecular flexibility index (Phi) is 4.52. The van der Waals surface area contributed by atoms with Crippen LogP contribution in [0.4, 0.5) is 9.52 Å². The summed E-state index contributed by atoms with van der Waals surface area (Å²) in [6.45, 7) is 1.88. The topological polar surface area (TPSA) is 46.9 Å². The normalized spacial score (nSPS) is 12.1. The van der Waals surface area contributed by atoms with Crippen LogP contribution in [0.1, 0.15) is 23.7 Å². The minimum Gasteiger partial charge on any atom is -0.346 e. The number of anilines is 1. The first-order chi connectivity index (χ1) is 11.1. The van der Waals surface area contributed by atoms with Gasteiger partial charge < -0.3 is 9.88 Å². The Morgan fingerprint density at radius 1 is 1.35 bits per heavy atom. The number of nitrogens with zero attached hydrogens (tertiary/aromatic N) is 2. The molecule has 0 unspecified atom stereocenters. The molecule has 0 aliphatic heterocycles. The van der Waals surface area contributed by atoms with Gasteiger partial charge >= 0.3 is 0 Å². The molecule has 3 rings (SSSR count). The molecule has 118 valence electrons. The number of aromatic nitrogens is 2. The van der Waals surface area contributed by atoms with Crippen molar-refractivity contribution in [2.24, 2.45) is 0 Å². The van der Waals surface area contributed by atoms with E-state index in [1.807, 2.05) is 47.5 Å². The molecule has 0 aliphatic rings. The Labute approximate surface area is 137 Å². The number of benzene rings is 1. The van der Waals surface area contributed by atoms with E-state index in [1.54, 1.807) is 6.07 Å². The molecule has 1 atom stereocenters. The lowest BCUT2D eigenvalue weighted by atomic mass is 10.0. The average Bonchev–Trinajstić information content (AvgIpc) is 3.17. The summed E-state index contributed by atoms with van der Waals surface area (Å²) in [5, 5.41) is 5.26. The van der Waals surface area contributed by atoms with Gasteiger partial charge in [0, 0.05) is 17.8 Å². The smallest absolute Gasteiger partial charge is 0.228 e. The summed E-state index contributed by atoms with van der Waals surface area (Å²) in [5.74, 6) is -0.460. The van der Waals surface area contributed by atoms with Crippen molar-refractivity contribution in [2.75, 3.05) is 5.32 Å². The first-order valence-corrected chi connectivity index (χ1v) is 8.09. The number of carbonyl (C=O) groups excluding carboxylic acids is 1. The van der Waals surface area contributed by atoms with Gasteiger partial charge in [-0.25, -0.2) is 9.37 Å². The Hall–Kier alpha value is -2.47. The zero-order valence-corrected chi connectivity index (χ0v) is 13.4. The molecular weight excluding hydrogens is 313 g/mol. The predicted molar refractivity (Wildman–Crippen MR) is 89.1 cm³/mol. The van der Waals surface area contributed by atoms with Crippen molar-refractivity contribution in [1.29, 1.82) is 0 Å². The van der Waals surface area contributed by atoms with Crippen molar-refractivity contribution < 1.29 is 9.18 Å². The van der Waals surface area contributed by atoms with Gasteiger partial charge in [0.15, 0.2) is 5.13 Å². The van der Waals surface area contributed by atoms with Crippen molar-refractivity contribution in [2.45, 2.75) is 19.4 Å². The van der Waals surface area contributed by atoms with Crippen molar-refractivity contribution >= 4 is 22.4 Å². The van der Waals surface area contributed by atoms with E-state index in [1.165, 1.54) is 23.5 Å². The van der Waals surface area contributed by atoms with E-state index < -0.39 is 0 Å². The quantitative estimate of drug-likeness (QED) is 0.769. The zero-order valence-electron chi connectivity index (χ0n) is 12.6. The maximum absolute atomic E-state index is 13.5. The lowest BCUT2D eigenvalue weighted by molar-refractivity contribution is -0.116. The average molecular weight is 329 g/mol. The first kappa shape index (κ1) is 15.4. The van der Waals surface area contributed by atoms with Crippen LogP contribution in [0.25, 0.3) is 0 Å². The van der Waals surface area contributed by atoms with Gasteiger partial charge in [0.1, 0.15) is 5.82 Å². The van der Waals surface area contributed by atoms with E-state index in [0.717, 1.165) is 11.3 Å². The minimum atomic E-state index is -0.310. The molecule has 0 radical (unpaired) electrons. The Morgan fingerprint density at radius 3 is 2.78 bits per heavy atom. The standard InChI is InChI=1S/C17H16FN3OS/c1-12-11-23-17(19-12)20-16(22)10-15(21-7-2-3-8-21)13-5-4-6-14(18)9-13/h2-9,11,15H,10H2,1H3,(H,19,20,22)/t15-/m0/s1. The summed E-state index contributed by atoms with van der Waals surface area (Å²) in [5.41, 5.74) is 1.63. The zero-order chi connectivity index (χ0) is 16.2. The fraction of sp³-hybridized carbons (Fsp3) is 0.176. The molecule has 1 aromatic carbocycles. The maximum Gasteiger partial charge on any atom is 0.228 e. The summed E-state index contributed by atoms with van der Waals surface area (Å²) < 4.78 is 15.4. The van der Waals surface area contributed by atoms with E-state index in [2.05, 4.69) is 10.3 Å². The van der Waals surface area contributed by atoms with E-state index in [0.29, 0.717) is 5.13 Å². The van der Waals surface area contributed by atoms with E-state index in [4.69, 9.17) is 0 Å². The molecule has 23 heavy (non-hydrogen) atoms. The van der Waals surface area contributed by atoms with Gasteiger partial charge in [-0.1, -0.05) is 12.1 Å². The highest BCUT2D eigenvalue weighted by Crippen LogP contribution is 2.24. The number of halogens is 1. The molecule has 0 saturated heterocycles. The predicted octanol–water partition coefficient (Wildman–Crippen LogP) is 4.01. The number of nitrogens with one attached hydrogen (secondary N) is 1. The van der Waals surface area contributed by atoms with Gasteiger partial charge in [0.05, 0.1) is 18.2 Å². The SMILES string of the molecule is Cc1csc(NC(=O)C[C@@H](c2cccc(F)c2)n2cccc2)n1. The molecule has 2 heterocycles. The van der Waals surface area contributed by atoms with Crippen LogP contribution in [0.15, 0.2) is 54.2 Å². The Morgan fingerprint density at radius 2 is 2.13 bits per heavy atom. The molecule has 2 aromatic heterocycles. The fourth-order valence-corrected chi connectivity index (χ4v) is 3.13. The van der Waals surface area contributed by atoms with Crippen LogP contribution in [0, 0.1) is 12.7 Å². The number of hydrogen-bond donors (Lipinski definition) is 1. The number of carbonyl (C=O) groups is 1. The number of aryl methyl sites for hydroxylation is 1. The molecule has 0 bridgehead atoms. The van der Waals surface area contributed by atoms with Crippen LogP contribution in [-0.4, -0.2) is 15.5 Å². The highest BCUT2D eigenvalue weighted by molar-refractivity contribution is 7.13. The number of hydrogen-bond acceptors (Lipinski definition) is 3. The lowest BCUT2D eigenvalue weighted by Gasteiger charge is -2.19. The monoisotopic (exact) mass is 329 g/mol. The molecule has 6 heteroatoms. The lowest BCUT2D eigenvalue weighted by Crippen LogP contribution is -2.19. The molecule has 0 saturated carbocycles. The van der Waals surface area contributed by atoms with Crippen LogP contribution in [0.2, 0.25) is 0 Å². The van der Waals surface area contributed by atoms with E-state index >= 15 is 0 Å². The molecule has 3 aromatic rings. The third kappa shape index (κ3) is 3.84. The van der Waals surface area contributed by atoms with Gasteiger partial charge in [-0.3, -0.25) is 4.79 Å². The Balaban J connectivity index is 1.80. The molecule has 0 fully saturated rings.